The molecule has 0 radical (unpaired) electrons. The molecule has 100 valence electrons. The average molecular weight is 250 g/mol. The van der Waals surface area contributed by atoms with E-state index in [1.54, 1.807) is 0 Å². The third kappa shape index (κ3) is 4.68. The molecule has 0 aliphatic heterocycles. The highest BCUT2D eigenvalue weighted by atomic mass is 16.5. The minimum atomic E-state index is -1.32. The van der Waals surface area contributed by atoms with Crippen molar-refractivity contribution in [3.63, 3.8) is 0 Å². The predicted molar refractivity (Wildman–Crippen MR) is 56.1 cm³/mol. The first-order chi connectivity index (χ1) is 7.91. The zero-order valence-electron chi connectivity index (χ0n) is 9.63. The van der Waals surface area contributed by atoms with E-state index in [0.717, 1.165) is 0 Å². The zero-order chi connectivity index (χ0) is 13.5. The van der Waals surface area contributed by atoms with Gasteiger partial charge in [0.25, 0.3) is 0 Å². The molecule has 0 rings (SSSR count). The molecule has 0 bridgehead atoms. The number of aliphatic hydroxyl groups excluding tert-OH is 3. The van der Waals surface area contributed by atoms with Gasteiger partial charge in [-0.1, -0.05) is 0 Å². The number of aliphatic carboxylic acids is 1. The second-order valence-corrected chi connectivity index (χ2v) is 3.86. The van der Waals surface area contributed by atoms with Gasteiger partial charge >= 0.3 is 11.9 Å². The lowest BCUT2D eigenvalue weighted by atomic mass is 9.85. The Morgan fingerprint density at radius 2 is 1.59 bits per heavy atom. The number of carboxylic acid groups (broad SMARTS) is 1. The molecule has 0 saturated carbocycles. The number of hydrogen-bond acceptors (Lipinski definition) is 6. The van der Waals surface area contributed by atoms with E-state index in [-0.39, 0.29) is 12.8 Å². The Balaban J connectivity index is 4.35. The number of aliphatic hydroxyl groups is 3. The van der Waals surface area contributed by atoms with Crippen LogP contribution >= 0.6 is 0 Å². The van der Waals surface area contributed by atoms with Crippen molar-refractivity contribution < 1.29 is 34.8 Å². The van der Waals surface area contributed by atoms with Crippen molar-refractivity contribution in [2.75, 3.05) is 19.8 Å². The van der Waals surface area contributed by atoms with Gasteiger partial charge in [-0.2, -0.15) is 0 Å². The van der Waals surface area contributed by atoms with E-state index in [0.29, 0.717) is 0 Å². The number of esters is 1. The van der Waals surface area contributed by atoms with Crippen LogP contribution in [-0.2, 0) is 14.3 Å². The van der Waals surface area contributed by atoms with E-state index in [1.807, 2.05) is 0 Å². The minimum absolute atomic E-state index is 0.294. The molecule has 0 fully saturated rings. The van der Waals surface area contributed by atoms with Gasteiger partial charge in [-0.3, -0.25) is 9.59 Å². The normalized spacial score (nSPS) is 13.2. The third-order valence-electron chi connectivity index (χ3n) is 2.66. The highest BCUT2D eigenvalue weighted by Crippen LogP contribution is 2.23. The van der Waals surface area contributed by atoms with Crippen LogP contribution in [0.3, 0.4) is 0 Å². The van der Waals surface area contributed by atoms with Gasteiger partial charge in [0.15, 0.2) is 0 Å². The lowest BCUT2D eigenvalue weighted by Crippen LogP contribution is -2.45. The fourth-order valence-electron chi connectivity index (χ4n) is 1.13. The van der Waals surface area contributed by atoms with Crippen LogP contribution < -0.4 is 0 Å². The summed E-state index contributed by atoms with van der Waals surface area (Å²) in [6.07, 6.45) is -1.56. The van der Waals surface area contributed by atoms with Gasteiger partial charge in [-0.15, -0.1) is 0 Å². The first-order valence-corrected chi connectivity index (χ1v) is 5.15. The smallest absolute Gasteiger partial charge is 0.306 e. The average Bonchev–Trinajstić information content (AvgIpc) is 2.29. The van der Waals surface area contributed by atoms with Gasteiger partial charge in [-0.05, 0) is 6.92 Å². The van der Waals surface area contributed by atoms with Gasteiger partial charge in [0.1, 0.15) is 6.10 Å². The monoisotopic (exact) mass is 250 g/mol. The van der Waals surface area contributed by atoms with Crippen LogP contribution in [0.1, 0.15) is 19.8 Å². The van der Waals surface area contributed by atoms with Gasteiger partial charge in [0.05, 0.1) is 38.1 Å². The van der Waals surface area contributed by atoms with Crippen molar-refractivity contribution in [3.8, 4) is 0 Å². The molecule has 17 heavy (non-hydrogen) atoms. The number of carbonyl (C=O) groups is 2. The Labute approximate surface area is 98.6 Å². The first kappa shape index (κ1) is 15.8. The molecule has 0 amide bonds. The van der Waals surface area contributed by atoms with Crippen LogP contribution in [-0.4, -0.2) is 58.3 Å². The second-order valence-electron chi connectivity index (χ2n) is 3.86. The second kappa shape index (κ2) is 7.21. The summed E-state index contributed by atoms with van der Waals surface area (Å²) < 4.78 is 4.86. The Kier molecular flexibility index (Phi) is 6.71. The van der Waals surface area contributed by atoms with E-state index in [4.69, 9.17) is 25.2 Å². The van der Waals surface area contributed by atoms with Crippen LogP contribution in [0.2, 0.25) is 0 Å². The van der Waals surface area contributed by atoms with Crippen LogP contribution in [0.5, 0.6) is 0 Å². The maximum absolute atomic E-state index is 11.2. The summed E-state index contributed by atoms with van der Waals surface area (Å²) in [7, 11) is 0. The summed E-state index contributed by atoms with van der Waals surface area (Å²) in [6, 6.07) is 0. The molecular formula is C10H18O7. The molecule has 1 unspecified atom stereocenters. The summed E-state index contributed by atoms with van der Waals surface area (Å²) in [5, 5.41) is 35.6. The topological polar surface area (TPSA) is 124 Å². The molecule has 7 nitrogen and oxygen atoms in total. The van der Waals surface area contributed by atoms with Crippen LogP contribution in [0.15, 0.2) is 0 Å². The molecule has 0 aliphatic carbocycles. The molecule has 0 aliphatic rings. The Hall–Kier alpha value is -1.18. The van der Waals surface area contributed by atoms with Crippen LogP contribution in [0.4, 0.5) is 0 Å². The molecule has 7 heteroatoms. The van der Waals surface area contributed by atoms with Crippen LogP contribution in [0.25, 0.3) is 0 Å². The van der Waals surface area contributed by atoms with Crippen molar-refractivity contribution >= 4 is 11.9 Å². The fraction of sp³-hybridized carbons (Fsp3) is 0.800. The van der Waals surface area contributed by atoms with E-state index >= 15 is 0 Å². The largest absolute Gasteiger partial charge is 0.481 e. The Morgan fingerprint density at radius 1 is 1.12 bits per heavy atom. The lowest BCUT2D eigenvalue weighted by Gasteiger charge is -2.33. The SMILES string of the molecule is CC(OC(=O)CCC(=O)O)C(CO)(CO)CO. The van der Waals surface area contributed by atoms with Crippen molar-refractivity contribution in [1.82, 2.24) is 0 Å². The summed E-state index contributed by atoms with van der Waals surface area (Å²) in [5.74, 6) is -1.87. The summed E-state index contributed by atoms with van der Waals surface area (Å²) in [6.45, 7) is -0.227. The number of ether oxygens (including phenoxy) is 1. The molecule has 0 aromatic heterocycles. The van der Waals surface area contributed by atoms with Gasteiger partial charge < -0.3 is 25.2 Å². The number of hydrogen-bond donors (Lipinski definition) is 4. The van der Waals surface area contributed by atoms with Crippen LogP contribution in [0, 0.1) is 5.41 Å². The summed E-state index contributed by atoms with van der Waals surface area (Å²) in [5.41, 5.74) is -1.32. The standard InChI is InChI=1S/C10H18O7/c1-7(10(4-11,5-12)6-13)17-9(16)3-2-8(14)15/h7,11-13H,2-6H2,1H3,(H,14,15). The Morgan fingerprint density at radius 3 is 1.94 bits per heavy atom. The van der Waals surface area contributed by atoms with Crippen molar-refractivity contribution in [1.29, 1.82) is 0 Å². The number of carbonyl (C=O) groups excluding carboxylic acids is 1. The maximum Gasteiger partial charge on any atom is 0.306 e. The third-order valence-corrected chi connectivity index (χ3v) is 2.66. The summed E-state index contributed by atoms with van der Waals surface area (Å²) in [4.78, 5) is 21.4. The molecule has 0 aromatic rings. The van der Waals surface area contributed by atoms with Crippen molar-refractivity contribution in [2.45, 2.75) is 25.9 Å². The van der Waals surface area contributed by atoms with Crippen molar-refractivity contribution in [2.24, 2.45) is 5.41 Å². The lowest BCUT2D eigenvalue weighted by molar-refractivity contribution is -0.164. The molecular weight excluding hydrogens is 232 g/mol. The molecule has 0 aromatic carbocycles. The number of carboxylic acids is 1. The summed E-state index contributed by atoms with van der Waals surface area (Å²) >= 11 is 0. The van der Waals surface area contributed by atoms with E-state index in [1.165, 1.54) is 6.92 Å². The predicted octanol–water partition coefficient (Wildman–Crippen LogP) is -1.25. The van der Waals surface area contributed by atoms with E-state index in [2.05, 4.69) is 0 Å². The van der Waals surface area contributed by atoms with E-state index < -0.39 is 43.3 Å². The fourth-order valence-corrected chi connectivity index (χ4v) is 1.13. The molecule has 0 heterocycles. The maximum atomic E-state index is 11.2. The van der Waals surface area contributed by atoms with Crippen molar-refractivity contribution in [3.05, 3.63) is 0 Å². The minimum Gasteiger partial charge on any atom is -0.481 e. The first-order valence-electron chi connectivity index (χ1n) is 5.15. The van der Waals surface area contributed by atoms with Gasteiger partial charge in [-0.25, -0.2) is 0 Å². The molecule has 0 saturated heterocycles. The Bertz CT molecular complexity index is 251. The van der Waals surface area contributed by atoms with Gasteiger partial charge in [0.2, 0.25) is 0 Å². The molecule has 4 N–H and O–H groups in total. The molecule has 0 spiro atoms. The molecule has 1 atom stereocenters. The van der Waals surface area contributed by atoms with E-state index in [9.17, 15) is 9.59 Å². The highest BCUT2D eigenvalue weighted by Gasteiger charge is 2.37. The van der Waals surface area contributed by atoms with Gasteiger partial charge in [0, 0.05) is 0 Å². The highest BCUT2D eigenvalue weighted by molar-refractivity contribution is 5.76. The number of rotatable bonds is 8. The quantitative estimate of drug-likeness (QED) is 0.396. The zero-order valence-corrected chi connectivity index (χ0v) is 9.63.